The smallest absolute Gasteiger partial charge is 0.190 e. The SMILES string of the molecule is [2H]c1c([2H])c([2H])c2c(c1[2H])C(=O)C(C/C=C(\C)CC/C=C(\C)CC/C=C(\C)CC/C=C(\C)CC/C=C(\C)CC/C=C(\C)CCC=C(C)C)=C(C([2H])([2H])[2H])C2=O. The van der Waals surface area contributed by atoms with Crippen molar-refractivity contribution in [1.82, 2.24) is 0 Å². The van der Waals surface area contributed by atoms with E-state index in [2.05, 4.69) is 84.9 Å². The third-order valence-electron chi connectivity index (χ3n) is 8.85. The molecule has 0 N–H and O–H groups in total. The van der Waals surface area contributed by atoms with Crippen LogP contribution in [0.25, 0.3) is 0 Å². The van der Waals surface area contributed by atoms with Gasteiger partial charge in [0, 0.05) is 26.4 Å². The molecule has 260 valence electrons. The fourth-order valence-corrected chi connectivity index (χ4v) is 5.58. The first-order chi connectivity index (χ1) is 25.8. The molecule has 0 unspecified atom stereocenters. The van der Waals surface area contributed by atoms with Gasteiger partial charge in [0.1, 0.15) is 0 Å². The van der Waals surface area contributed by atoms with Gasteiger partial charge in [0.25, 0.3) is 0 Å². The van der Waals surface area contributed by atoms with Gasteiger partial charge in [-0.05, 0) is 146 Å². The number of hydrogen-bond donors (Lipinski definition) is 0. The molecule has 48 heavy (non-hydrogen) atoms. The first-order valence-corrected chi connectivity index (χ1v) is 17.8. The Kier molecular flexibility index (Phi) is 14.1. The Morgan fingerprint density at radius 2 is 0.854 bits per heavy atom. The van der Waals surface area contributed by atoms with Gasteiger partial charge in [0.05, 0.1) is 5.48 Å². The van der Waals surface area contributed by atoms with Crippen LogP contribution in [-0.2, 0) is 0 Å². The van der Waals surface area contributed by atoms with E-state index in [1.807, 2.05) is 6.92 Å². The van der Waals surface area contributed by atoms with Crippen molar-refractivity contribution in [1.29, 1.82) is 0 Å². The summed E-state index contributed by atoms with van der Waals surface area (Å²) >= 11 is 0. The maximum Gasteiger partial charge on any atom is 0.190 e. The van der Waals surface area contributed by atoms with E-state index in [4.69, 9.17) is 9.60 Å². The van der Waals surface area contributed by atoms with Gasteiger partial charge in [-0.25, -0.2) is 0 Å². The summed E-state index contributed by atoms with van der Waals surface area (Å²) in [6.07, 6.45) is 27.9. The highest BCUT2D eigenvalue weighted by atomic mass is 16.1. The Morgan fingerprint density at radius 3 is 1.21 bits per heavy atom. The molecule has 0 amide bonds. The lowest BCUT2D eigenvalue weighted by molar-refractivity contribution is 0.0973. The van der Waals surface area contributed by atoms with E-state index in [9.17, 15) is 9.59 Å². The molecule has 0 atom stereocenters. The average Bonchev–Trinajstić information content (AvgIpc) is 3.09. The molecule has 1 aliphatic rings. The van der Waals surface area contributed by atoms with Crippen molar-refractivity contribution in [2.24, 2.45) is 0 Å². The van der Waals surface area contributed by atoms with Crippen molar-refractivity contribution in [3.8, 4) is 0 Å². The van der Waals surface area contributed by atoms with Crippen LogP contribution < -0.4 is 0 Å². The quantitative estimate of drug-likeness (QED) is 0.131. The van der Waals surface area contributed by atoms with Gasteiger partial charge in [0.15, 0.2) is 11.6 Å². The van der Waals surface area contributed by atoms with Gasteiger partial charge in [0.2, 0.25) is 0 Å². The predicted octanol–water partition coefficient (Wildman–Crippen LogP) is 14.1. The number of carbonyl (C=O) groups is 2. The Morgan fingerprint density at radius 1 is 0.521 bits per heavy atom. The molecule has 1 aliphatic carbocycles. The second-order valence-electron chi connectivity index (χ2n) is 13.8. The molecule has 1 aromatic carbocycles. The molecule has 0 fully saturated rings. The predicted molar refractivity (Wildman–Crippen MR) is 210 cm³/mol. The zero-order valence-electron chi connectivity index (χ0n) is 38.1. The molecule has 2 heteroatoms. The molecule has 1 aromatic rings. The number of fused-ring (bicyclic) bond motifs is 1. The van der Waals surface area contributed by atoms with Crippen molar-refractivity contribution in [2.75, 3.05) is 0 Å². The Balaban J connectivity index is 1.83. The maximum absolute atomic E-state index is 13.5. The Bertz CT molecular complexity index is 1800. The summed E-state index contributed by atoms with van der Waals surface area (Å²) < 4.78 is 56.1. The summed E-state index contributed by atoms with van der Waals surface area (Å²) in [6, 6.07) is -2.64. The van der Waals surface area contributed by atoms with Crippen molar-refractivity contribution in [3.63, 3.8) is 0 Å². The lowest BCUT2D eigenvalue weighted by atomic mass is 9.83. The number of rotatable bonds is 20. The molecule has 0 bridgehead atoms. The van der Waals surface area contributed by atoms with Crippen LogP contribution in [0.3, 0.4) is 0 Å². The number of hydrogen-bond acceptors (Lipinski definition) is 2. The van der Waals surface area contributed by atoms with Crippen LogP contribution in [-0.4, -0.2) is 11.6 Å². The monoisotopic (exact) mass is 656 g/mol. The minimum Gasteiger partial charge on any atom is -0.289 e. The van der Waals surface area contributed by atoms with Crippen LogP contribution >= 0.6 is 0 Å². The fourth-order valence-electron chi connectivity index (χ4n) is 5.58. The van der Waals surface area contributed by atoms with Gasteiger partial charge in [-0.1, -0.05) is 106 Å². The number of ketones is 2. The lowest BCUT2D eigenvalue weighted by Gasteiger charge is -2.18. The largest absolute Gasteiger partial charge is 0.289 e. The molecular weight excluding hydrogens is 585 g/mol. The van der Waals surface area contributed by atoms with Crippen molar-refractivity contribution in [2.45, 2.75) is 146 Å². The minimum atomic E-state index is -2.92. The highest BCUT2D eigenvalue weighted by molar-refractivity contribution is 6.26. The summed E-state index contributed by atoms with van der Waals surface area (Å²) in [5.74, 6) is -1.88. The third-order valence-corrected chi connectivity index (χ3v) is 8.85. The zero-order valence-corrected chi connectivity index (χ0v) is 31.1. The highest BCUT2D eigenvalue weighted by Gasteiger charge is 2.28. The van der Waals surface area contributed by atoms with Gasteiger partial charge in [-0.2, -0.15) is 0 Å². The van der Waals surface area contributed by atoms with Crippen LogP contribution in [0.4, 0.5) is 0 Å². The third kappa shape index (κ3) is 15.6. The second-order valence-corrected chi connectivity index (χ2v) is 13.8. The lowest BCUT2D eigenvalue weighted by Crippen LogP contribution is -2.20. The second kappa shape index (κ2) is 22.2. The first-order valence-electron chi connectivity index (χ1n) is 21.3. The number of Topliss-reactive ketones (excluding diaryl/α,β-unsaturated/α-hetero) is 2. The molecule has 0 aromatic heterocycles. The van der Waals surface area contributed by atoms with Crippen molar-refractivity contribution in [3.05, 3.63) is 128 Å². The van der Waals surface area contributed by atoms with Crippen LogP contribution in [0.15, 0.2) is 117 Å². The summed E-state index contributed by atoms with van der Waals surface area (Å²) in [5.41, 5.74) is 7.48. The molecule has 2 nitrogen and oxygen atoms in total. The van der Waals surface area contributed by atoms with Crippen LogP contribution in [0.5, 0.6) is 0 Å². The summed E-state index contributed by atoms with van der Waals surface area (Å²) in [7, 11) is 0. The van der Waals surface area contributed by atoms with E-state index in [1.54, 1.807) is 6.08 Å². The first kappa shape index (κ1) is 30.5. The Hall–Kier alpha value is -3.52. The normalized spacial score (nSPS) is 17.7. The van der Waals surface area contributed by atoms with E-state index >= 15 is 0 Å². The van der Waals surface area contributed by atoms with E-state index in [-0.39, 0.29) is 12.0 Å². The van der Waals surface area contributed by atoms with Crippen molar-refractivity contribution >= 4 is 11.6 Å². The average molecular weight is 656 g/mol. The van der Waals surface area contributed by atoms with E-state index in [0.29, 0.717) is 6.42 Å². The molecule has 0 spiro atoms. The zero-order chi connectivity index (χ0) is 41.5. The van der Waals surface area contributed by atoms with Gasteiger partial charge in [-0.15, -0.1) is 0 Å². The van der Waals surface area contributed by atoms with Crippen LogP contribution in [0.2, 0.25) is 0 Å². The van der Waals surface area contributed by atoms with E-state index < -0.39 is 59.3 Å². The topological polar surface area (TPSA) is 34.1 Å². The molecule has 0 radical (unpaired) electrons. The molecule has 0 saturated carbocycles. The summed E-state index contributed by atoms with van der Waals surface area (Å²) in [5, 5.41) is 0. The Labute approximate surface area is 304 Å². The van der Waals surface area contributed by atoms with Crippen LogP contribution in [0.1, 0.15) is 176 Å². The summed E-state index contributed by atoms with van der Waals surface area (Å²) in [6.45, 7) is 14.3. The molecule has 2 rings (SSSR count). The van der Waals surface area contributed by atoms with E-state index in [1.165, 1.54) is 33.4 Å². The molecule has 0 saturated heterocycles. The standard InChI is InChI=1S/C46H64O2/c1-34(2)18-12-19-35(3)20-13-21-36(4)22-14-23-37(5)24-15-25-38(6)26-16-27-39(7)28-17-29-40(8)32-33-42-41(9)45(47)43-30-10-11-31-44(43)46(42)48/h10-11,18,20,22,24,26,28,30-32H,12-17,19,21,23,25,27,29,33H2,1-9H3/b35-20+,36-22+,37-24+,38-26+,39-28+,40-32+/i9D3,10D,11D,30D,31D. The van der Waals surface area contributed by atoms with Crippen LogP contribution in [0, 0.1) is 0 Å². The highest BCUT2D eigenvalue weighted by Crippen LogP contribution is 2.28. The van der Waals surface area contributed by atoms with Gasteiger partial charge < -0.3 is 0 Å². The number of carbonyl (C=O) groups excluding carboxylic acids is 2. The van der Waals surface area contributed by atoms with Gasteiger partial charge in [-0.3, -0.25) is 9.59 Å². The number of benzene rings is 1. The van der Waals surface area contributed by atoms with Gasteiger partial charge >= 0.3 is 0 Å². The van der Waals surface area contributed by atoms with Crippen molar-refractivity contribution < 1.29 is 19.2 Å². The number of allylic oxidation sites excluding steroid dienone is 16. The molecule has 0 aliphatic heterocycles. The maximum atomic E-state index is 13.5. The summed E-state index contributed by atoms with van der Waals surface area (Å²) in [4.78, 5) is 26.8. The van der Waals surface area contributed by atoms with E-state index in [0.717, 1.165) is 76.2 Å². The minimum absolute atomic E-state index is 0.111. The fraction of sp³-hybridized carbons (Fsp3) is 0.478. The molecular formula is C46H64O2. The molecule has 0 heterocycles.